The Balaban J connectivity index is 1.70. The van der Waals surface area contributed by atoms with E-state index in [0.29, 0.717) is 0 Å². The normalized spacial score (nSPS) is 24.4. The number of rotatable bonds is 6. The molecule has 17 heavy (non-hydrogen) atoms. The van der Waals surface area contributed by atoms with Gasteiger partial charge in [-0.1, -0.05) is 25.1 Å². The summed E-state index contributed by atoms with van der Waals surface area (Å²) < 4.78 is 0. The van der Waals surface area contributed by atoms with Crippen molar-refractivity contribution in [2.24, 2.45) is 5.92 Å². The summed E-state index contributed by atoms with van der Waals surface area (Å²) >= 11 is 1.77. The summed E-state index contributed by atoms with van der Waals surface area (Å²) in [4.78, 5) is 4.31. The van der Waals surface area contributed by atoms with Gasteiger partial charge in [-0.2, -0.15) is 0 Å². The van der Waals surface area contributed by atoms with E-state index in [1.165, 1.54) is 25.7 Å². The first-order valence-corrected chi connectivity index (χ1v) is 7.53. The van der Waals surface area contributed by atoms with Gasteiger partial charge in [0.2, 0.25) is 5.16 Å². The Labute approximate surface area is 107 Å². The van der Waals surface area contributed by atoms with Crippen molar-refractivity contribution in [2.75, 3.05) is 12.3 Å². The molecule has 1 aromatic rings. The number of nitrogens with one attached hydrogen (secondary N) is 2. The lowest BCUT2D eigenvalue weighted by atomic mass is 10.0. The summed E-state index contributed by atoms with van der Waals surface area (Å²) in [7, 11) is 0. The molecule has 1 fully saturated rings. The summed E-state index contributed by atoms with van der Waals surface area (Å²) in [5.74, 6) is 2.88. The number of hydrogen-bond donors (Lipinski definition) is 2. The summed E-state index contributed by atoms with van der Waals surface area (Å²) in [6.45, 7) is 5.23. The highest BCUT2D eigenvalue weighted by molar-refractivity contribution is 7.99. The first-order valence-electron chi connectivity index (χ1n) is 6.54. The number of H-pyrrole nitrogens is 1. The molecule has 0 amide bonds. The van der Waals surface area contributed by atoms with Crippen molar-refractivity contribution in [3.8, 4) is 0 Å². The zero-order valence-corrected chi connectivity index (χ0v) is 11.5. The molecule has 2 rings (SSSR count). The second-order valence-corrected chi connectivity index (χ2v) is 5.76. The van der Waals surface area contributed by atoms with Gasteiger partial charge in [0, 0.05) is 11.8 Å². The molecule has 2 atom stereocenters. The van der Waals surface area contributed by atoms with Gasteiger partial charge >= 0.3 is 0 Å². The lowest BCUT2D eigenvalue weighted by molar-refractivity contribution is 0.400. The molecule has 0 aromatic carbocycles. The smallest absolute Gasteiger partial charge is 0.208 e. The number of aryl methyl sites for hydroxylation is 1. The topological polar surface area (TPSA) is 53.6 Å². The van der Waals surface area contributed by atoms with Gasteiger partial charge in [-0.05, 0) is 38.6 Å². The zero-order chi connectivity index (χ0) is 12.1. The van der Waals surface area contributed by atoms with Crippen LogP contribution in [0.1, 0.15) is 38.4 Å². The van der Waals surface area contributed by atoms with Crippen LogP contribution in [0.4, 0.5) is 0 Å². The highest BCUT2D eigenvalue weighted by atomic mass is 32.2. The fourth-order valence-electron chi connectivity index (χ4n) is 2.60. The average Bonchev–Trinajstić information content (AvgIpc) is 2.90. The van der Waals surface area contributed by atoms with Crippen molar-refractivity contribution in [1.82, 2.24) is 20.5 Å². The highest BCUT2D eigenvalue weighted by Gasteiger charge is 2.25. The number of aromatic amines is 1. The van der Waals surface area contributed by atoms with Gasteiger partial charge in [0.05, 0.1) is 0 Å². The molecular formula is C12H22N4S. The van der Waals surface area contributed by atoms with Gasteiger partial charge in [0.15, 0.2) is 0 Å². The third-order valence-corrected chi connectivity index (χ3v) is 4.30. The molecule has 1 heterocycles. The van der Waals surface area contributed by atoms with E-state index >= 15 is 0 Å². The van der Waals surface area contributed by atoms with Crippen molar-refractivity contribution in [3.63, 3.8) is 0 Å². The van der Waals surface area contributed by atoms with Crippen LogP contribution in [-0.2, 0) is 0 Å². The van der Waals surface area contributed by atoms with E-state index in [1.54, 1.807) is 11.8 Å². The Morgan fingerprint density at radius 2 is 2.35 bits per heavy atom. The number of aromatic nitrogens is 3. The van der Waals surface area contributed by atoms with E-state index in [0.717, 1.165) is 35.2 Å². The molecule has 0 spiro atoms. The second kappa shape index (κ2) is 6.40. The Bertz CT molecular complexity index is 339. The minimum Gasteiger partial charge on any atom is -0.314 e. The van der Waals surface area contributed by atoms with Crippen LogP contribution in [0.2, 0.25) is 0 Å². The molecule has 1 saturated carbocycles. The third-order valence-electron chi connectivity index (χ3n) is 3.42. The minimum atomic E-state index is 0.745. The predicted molar refractivity (Wildman–Crippen MR) is 71.3 cm³/mol. The Kier molecular flexibility index (Phi) is 4.86. The molecule has 1 aliphatic rings. The van der Waals surface area contributed by atoms with Gasteiger partial charge in [0.1, 0.15) is 5.82 Å². The molecule has 1 aliphatic carbocycles. The second-order valence-electron chi connectivity index (χ2n) is 4.70. The van der Waals surface area contributed by atoms with Crippen LogP contribution in [0.5, 0.6) is 0 Å². The van der Waals surface area contributed by atoms with Gasteiger partial charge in [0.25, 0.3) is 0 Å². The molecule has 2 N–H and O–H groups in total. The van der Waals surface area contributed by atoms with Crippen molar-refractivity contribution in [3.05, 3.63) is 5.82 Å². The monoisotopic (exact) mass is 254 g/mol. The minimum absolute atomic E-state index is 0.745. The van der Waals surface area contributed by atoms with Crippen molar-refractivity contribution >= 4 is 11.8 Å². The van der Waals surface area contributed by atoms with E-state index < -0.39 is 0 Å². The lowest BCUT2D eigenvalue weighted by Crippen LogP contribution is -2.32. The largest absolute Gasteiger partial charge is 0.314 e. The molecule has 96 valence electrons. The quantitative estimate of drug-likeness (QED) is 0.765. The van der Waals surface area contributed by atoms with Crippen LogP contribution in [0, 0.1) is 12.8 Å². The summed E-state index contributed by atoms with van der Waals surface area (Å²) in [5, 5.41) is 11.5. The van der Waals surface area contributed by atoms with E-state index in [-0.39, 0.29) is 0 Å². The zero-order valence-electron chi connectivity index (χ0n) is 10.7. The first kappa shape index (κ1) is 12.9. The Morgan fingerprint density at radius 3 is 3.06 bits per heavy atom. The van der Waals surface area contributed by atoms with E-state index in [4.69, 9.17) is 0 Å². The number of hydrogen-bond acceptors (Lipinski definition) is 4. The maximum atomic E-state index is 4.31. The van der Waals surface area contributed by atoms with Crippen molar-refractivity contribution in [2.45, 2.75) is 50.7 Å². The number of nitrogens with zero attached hydrogens (tertiary/aromatic N) is 2. The Hall–Kier alpha value is -0.550. The number of thioether (sulfide) groups is 1. The van der Waals surface area contributed by atoms with Crippen LogP contribution in [0.15, 0.2) is 5.16 Å². The molecule has 0 radical (unpaired) electrons. The van der Waals surface area contributed by atoms with Crippen LogP contribution < -0.4 is 5.32 Å². The molecular weight excluding hydrogens is 232 g/mol. The van der Waals surface area contributed by atoms with Gasteiger partial charge < -0.3 is 5.32 Å². The van der Waals surface area contributed by atoms with Crippen LogP contribution in [-0.4, -0.2) is 33.5 Å². The van der Waals surface area contributed by atoms with Crippen LogP contribution in [0.25, 0.3) is 0 Å². The van der Waals surface area contributed by atoms with Crippen LogP contribution in [0.3, 0.4) is 0 Å². The molecule has 1 aromatic heterocycles. The molecule has 0 saturated heterocycles. The van der Waals surface area contributed by atoms with Gasteiger partial charge in [-0.15, -0.1) is 5.10 Å². The molecule has 5 heteroatoms. The maximum absolute atomic E-state index is 4.31. The van der Waals surface area contributed by atoms with Gasteiger partial charge in [-0.3, -0.25) is 5.10 Å². The summed E-state index contributed by atoms with van der Waals surface area (Å²) in [6, 6.07) is 0.745. The fourth-order valence-corrected chi connectivity index (χ4v) is 3.52. The SMILES string of the molecule is CCNC1CCCC1CCSc1n[nH]c(C)n1. The predicted octanol–water partition coefficient (Wildman–Crippen LogP) is 2.37. The van der Waals surface area contributed by atoms with Gasteiger partial charge in [-0.25, -0.2) is 4.98 Å². The molecule has 2 unspecified atom stereocenters. The first-order chi connectivity index (χ1) is 8.29. The summed E-state index contributed by atoms with van der Waals surface area (Å²) in [5.41, 5.74) is 0. The molecule has 4 nitrogen and oxygen atoms in total. The molecule has 0 aliphatic heterocycles. The molecule has 0 bridgehead atoms. The van der Waals surface area contributed by atoms with Crippen molar-refractivity contribution in [1.29, 1.82) is 0 Å². The standard InChI is InChI=1S/C12H22N4S/c1-3-13-11-6-4-5-10(11)7-8-17-12-14-9(2)15-16-12/h10-11,13H,3-8H2,1-2H3,(H,14,15,16). The van der Waals surface area contributed by atoms with E-state index in [9.17, 15) is 0 Å². The van der Waals surface area contributed by atoms with E-state index in [1.807, 2.05) is 6.92 Å². The highest BCUT2D eigenvalue weighted by Crippen LogP contribution is 2.30. The summed E-state index contributed by atoms with van der Waals surface area (Å²) in [6.07, 6.45) is 5.39. The average molecular weight is 254 g/mol. The fraction of sp³-hybridized carbons (Fsp3) is 0.833. The van der Waals surface area contributed by atoms with E-state index in [2.05, 4.69) is 27.4 Å². The maximum Gasteiger partial charge on any atom is 0.208 e. The Morgan fingerprint density at radius 1 is 1.47 bits per heavy atom. The third kappa shape index (κ3) is 3.71. The lowest BCUT2D eigenvalue weighted by Gasteiger charge is -2.19. The van der Waals surface area contributed by atoms with Crippen molar-refractivity contribution < 1.29 is 0 Å². The van der Waals surface area contributed by atoms with Crippen LogP contribution >= 0.6 is 11.8 Å².